The highest BCUT2D eigenvalue weighted by molar-refractivity contribution is 7.22. The minimum Gasteiger partial charge on any atom is -0.375 e. The third kappa shape index (κ3) is 1.50. The van der Waals surface area contributed by atoms with E-state index in [1.54, 1.807) is 0 Å². The van der Waals surface area contributed by atoms with Crippen molar-refractivity contribution in [2.24, 2.45) is 0 Å². The lowest BCUT2D eigenvalue weighted by Gasteiger charge is -2.03. The summed E-state index contributed by atoms with van der Waals surface area (Å²) >= 11 is 1.01. The van der Waals surface area contributed by atoms with E-state index in [-0.39, 0.29) is 5.13 Å². The third-order valence-electron chi connectivity index (χ3n) is 1.58. The van der Waals surface area contributed by atoms with Gasteiger partial charge < -0.3 is 5.73 Å². The molecule has 2 N–H and O–H groups in total. The first-order valence-electron chi connectivity index (χ1n) is 3.56. The summed E-state index contributed by atoms with van der Waals surface area (Å²) in [6, 6.07) is 0.948. The molecule has 0 fully saturated rings. The second-order valence-electron chi connectivity index (χ2n) is 2.59. The molecule has 7 heteroatoms. The number of rotatable bonds is 0. The van der Waals surface area contributed by atoms with Gasteiger partial charge in [0.1, 0.15) is 11.2 Å². The number of hydrogen-bond donors (Lipinski definition) is 1. The fraction of sp³-hybridized carbons (Fsp3) is 0.143. The third-order valence-corrected chi connectivity index (χ3v) is 2.43. The number of anilines is 1. The molecule has 74 valence electrons. The summed E-state index contributed by atoms with van der Waals surface area (Å²) in [4.78, 5) is 7.06. The van der Waals surface area contributed by atoms with Crippen molar-refractivity contribution in [2.45, 2.75) is 6.18 Å². The fourth-order valence-electron chi connectivity index (χ4n) is 1.00. The van der Waals surface area contributed by atoms with E-state index < -0.39 is 11.9 Å². The van der Waals surface area contributed by atoms with Gasteiger partial charge in [-0.25, -0.2) is 9.97 Å². The van der Waals surface area contributed by atoms with Crippen LogP contribution < -0.4 is 5.73 Å². The predicted molar refractivity (Wildman–Crippen MR) is 46.8 cm³/mol. The maximum absolute atomic E-state index is 12.2. The Morgan fingerprint density at radius 1 is 1.36 bits per heavy atom. The van der Waals surface area contributed by atoms with Crippen molar-refractivity contribution in [1.82, 2.24) is 9.97 Å². The van der Waals surface area contributed by atoms with Gasteiger partial charge in [-0.3, -0.25) is 0 Å². The maximum Gasteiger partial charge on any atom is 0.433 e. The zero-order valence-electron chi connectivity index (χ0n) is 6.67. The van der Waals surface area contributed by atoms with Crippen LogP contribution in [0.5, 0.6) is 0 Å². The summed E-state index contributed by atoms with van der Waals surface area (Å²) < 4.78 is 37.0. The van der Waals surface area contributed by atoms with Crippen LogP contribution >= 0.6 is 11.3 Å². The molecule has 0 amide bonds. The molecule has 2 aromatic heterocycles. The van der Waals surface area contributed by atoms with Crippen LogP contribution in [0, 0.1) is 0 Å². The number of alkyl halides is 3. The van der Waals surface area contributed by atoms with E-state index in [1.165, 1.54) is 0 Å². The second kappa shape index (κ2) is 2.81. The molecule has 0 bridgehead atoms. The molecule has 0 aliphatic carbocycles. The molecule has 2 heterocycles. The highest BCUT2D eigenvalue weighted by atomic mass is 32.1. The molecule has 3 nitrogen and oxygen atoms in total. The van der Waals surface area contributed by atoms with Crippen LogP contribution in [0.25, 0.3) is 10.2 Å². The number of halogens is 3. The van der Waals surface area contributed by atoms with Crippen LogP contribution in [-0.2, 0) is 6.18 Å². The molecule has 0 unspecified atom stereocenters. The van der Waals surface area contributed by atoms with Crippen LogP contribution in [0.4, 0.5) is 18.3 Å². The molecule has 0 aliphatic rings. The molecule has 0 aliphatic heterocycles. The van der Waals surface area contributed by atoms with Crippen molar-refractivity contribution in [2.75, 3.05) is 5.73 Å². The Hall–Kier alpha value is -1.37. The van der Waals surface area contributed by atoms with Crippen molar-refractivity contribution in [3.8, 4) is 0 Å². The SMILES string of the molecule is Nc1nc2cnc(C(F)(F)F)cc2s1. The molecule has 0 saturated carbocycles. The van der Waals surface area contributed by atoms with Crippen molar-refractivity contribution < 1.29 is 13.2 Å². The Morgan fingerprint density at radius 3 is 2.71 bits per heavy atom. The van der Waals surface area contributed by atoms with E-state index in [0.717, 1.165) is 23.6 Å². The van der Waals surface area contributed by atoms with E-state index in [2.05, 4.69) is 9.97 Å². The highest BCUT2D eigenvalue weighted by Crippen LogP contribution is 2.31. The molecule has 0 spiro atoms. The van der Waals surface area contributed by atoms with E-state index >= 15 is 0 Å². The Bertz CT molecular complexity index is 476. The predicted octanol–water partition coefficient (Wildman–Crippen LogP) is 2.29. The van der Waals surface area contributed by atoms with E-state index in [1.807, 2.05) is 0 Å². The molecule has 0 radical (unpaired) electrons. The lowest BCUT2D eigenvalue weighted by atomic mass is 10.3. The number of aromatic nitrogens is 2. The summed E-state index contributed by atoms with van der Waals surface area (Å²) in [6.45, 7) is 0. The lowest BCUT2D eigenvalue weighted by Crippen LogP contribution is -2.06. The van der Waals surface area contributed by atoms with Gasteiger partial charge in [0.15, 0.2) is 5.13 Å². The minimum absolute atomic E-state index is 0.237. The molecular weight excluding hydrogens is 215 g/mol. The Kier molecular flexibility index (Phi) is 1.84. The molecular formula is C7H4F3N3S. The average molecular weight is 219 g/mol. The Labute approximate surface area is 80.4 Å². The van der Waals surface area contributed by atoms with Gasteiger partial charge in [-0.05, 0) is 6.07 Å². The summed E-state index contributed by atoms with van der Waals surface area (Å²) in [6.07, 6.45) is -3.35. The zero-order valence-corrected chi connectivity index (χ0v) is 7.49. The number of thiazole rings is 1. The fourth-order valence-corrected chi connectivity index (χ4v) is 1.75. The van der Waals surface area contributed by atoms with Gasteiger partial charge in [-0.2, -0.15) is 13.2 Å². The van der Waals surface area contributed by atoms with Crippen LogP contribution in [0.3, 0.4) is 0 Å². The smallest absolute Gasteiger partial charge is 0.375 e. The van der Waals surface area contributed by atoms with Crippen molar-refractivity contribution >= 4 is 26.7 Å². The normalized spacial score (nSPS) is 12.2. The van der Waals surface area contributed by atoms with Crippen LogP contribution in [-0.4, -0.2) is 9.97 Å². The zero-order chi connectivity index (χ0) is 10.3. The van der Waals surface area contributed by atoms with Gasteiger partial charge in [0.2, 0.25) is 0 Å². The topological polar surface area (TPSA) is 51.8 Å². The summed E-state index contributed by atoms with van der Waals surface area (Å²) in [7, 11) is 0. The lowest BCUT2D eigenvalue weighted by molar-refractivity contribution is -0.141. The van der Waals surface area contributed by atoms with Crippen LogP contribution in [0.2, 0.25) is 0 Å². The van der Waals surface area contributed by atoms with Crippen molar-refractivity contribution in [1.29, 1.82) is 0 Å². The highest BCUT2D eigenvalue weighted by Gasteiger charge is 2.32. The Balaban J connectivity index is 2.62. The number of nitrogens with two attached hydrogens (primary N) is 1. The van der Waals surface area contributed by atoms with Crippen molar-refractivity contribution in [3.63, 3.8) is 0 Å². The van der Waals surface area contributed by atoms with Gasteiger partial charge in [-0.15, -0.1) is 0 Å². The summed E-state index contributed by atoms with van der Waals surface area (Å²) in [5.74, 6) is 0. The van der Waals surface area contributed by atoms with Gasteiger partial charge >= 0.3 is 6.18 Å². The largest absolute Gasteiger partial charge is 0.433 e. The van der Waals surface area contributed by atoms with Gasteiger partial charge in [0, 0.05) is 0 Å². The summed E-state index contributed by atoms with van der Waals surface area (Å²) in [5.41, 5.74) is 4.81. The molecule has 14 heavy (non-hydrogen) atoms. The summed E-state index contributed by atoms with van der Waals surface area (Å²) in [5, 5.41) is 0.237. The number of nitrogens with zero attached hydrogens (tertiary/aromatic N) is 2. The first-order valence-corrected chi connectivity index (χ1v) is 4.38. The number of hydrogen-bond acceptors (Lipinski definition) is 4. The molecule has 2 aromatic rings. The molecule has 0 atom stereocenters. The van der Waals surface area contributed by atoms with Gasteiger partial charge in [-0.1, -0.05) is 11.3 Å². The minimum atomic E-state index is -4.42. The Morgan fingerprint density at radius 2 is 2.07 bits per heavy atom. The quantitative estimate of drug-likeness (QED) is 0.739. The number of pyridine rings is 1. The average Bonchev–Trinajstić information content (AvgIpc) is 2.41. The number of fused-ring (bicyclic) bond motifs is 1. The van der Waals surface area contributed by atoms with Gasteiger partial charge in [0.25, 0.3) is 0 Å². The second-order valence-corrected chi connectivity index (χ2v) is 3.65. The molecule has 0 aromatic carbocycles. The maximum atomic E-state index is 12.2. The monoisotopic (exact) mass is 219 g/mol. The molecule has 2 rings (SSSR count). The van der Waals surface area contributed by atoms with Gasteiger partial charge in [0.05, 0.1) is 10.9 Å². The van der Waals surface area contributed by atoms with E-state index in [4.69, 9.17) is 5.73 Å². The number of nitrogen functional groups attached to an aromatic ring is 1. The first-order chi connectivity index (χ1) is 6.47. The standard InChI is InChI=1S/C7H4F3N3S/c8-7(9,10)5-1-4-3(2-12-5)13-6(11)14-4/h1-2H,(H2,11,13). The first kappa shape index (κ1) is 9.20. The molecule has 0 saturated heterocycles. The van der Waals surface area contributed by atoms with E-state index in [0.29, 0.717) is 10.2 Å². The van der Waals surface area contributed by atoms with Crippen molar-refractivity contribution in [3.05, 3.63) is 18.0 Å². The van der Waals surface area contributed by atoms with E-state index in [9.17, 15) is 13.2 Å². The van der Waals surface area contributed by atoms with Crippen LogP contribution in [0.15, 0.2) is 12.3 Å². The van der Waals surface area contributed by atoms with Crippen LogP contribution in [0.1, 0.15) is 5.69 Å².